The summed E-state index contributed by atoms with van der Waals surface area (Å²) < 4.78 is 26.4. The summed E-state index contributed by atoms with van der Waals surface area (Å²) in [6.07, 6.45) is 2.37. The molecule has 0 aromatic heterocycles. The lowest BCUT2D eigenvalue weighted by molar-refractivity contribution is 0.186. The molecule has 1 aromatic carbocycles. The predicted molar refractivity (Wildman–Crippen MR) is 76.5 cm³/mol. The zero-order valence-electron chi connectivity index (χ0n) is 11.5. The second-order valence-corrected chi connectivity index (χ2v) is 6.85. The van der Waals surface area contributed by atoms with Gasteiger partial charge in [-0.05, 0) is 25.1 Å². The fraction of sp³-hybridized carbons (Fsp3) is 0.571. The molecule has 0 radical (unpaired) electrons. The molecule has 0 N–H and O–H groups in total. The third-order valence-electron chi connectivity index (χ3n) is 3.54. The van der Waals surface area contributed by atoms with E-state index < -0.39 is 10.0 Å². The lowest BCUT2D eigenvalue weighted by Gasteiger charge is -2.33. The number of hydrogen-bond donors (Lipinski definition) is 0. The maximum absolute atomic E-state index is 12.4. The minimum atomic E-state index is -3.30. The van der Waals surface area contributed by atoms with Crippen molar-refractivity contribution >= 4 is 10.0 Å². The maximum Gasteiger partial charge on any atom is 0.243 e. The topological polar surface area (TPSA) is 40.6 Å². The van der Waals surface area contributed by atoms with Gasteiger partial charge >= 0.3 is 0 Å². The van der Waals surface area contributed by atoms with Crippen LogP contribution in [0.15, 0.2) is 35.2 Å². The summed E-state index contributed by atoms with van der Waals surface area (Å²) in [7, 11) is -3.30. The van der Waals surface area contributed by atoms with E-state index in [1.54, 1.807) is 28.6 Å². The van der Waals surface area contributed by atoms with E-state index >= 15 is 0 Å². The Balaban J connectivity index is 1.98. The molecular weight excluding hydrogens is 260 g/mol. The predicted octanol–water partition coefficient (Wildman–Crippen LogP) is 1.79. The molecule has 1 heterocycles. The first-order chi connectivity index (χ1) is 9.14. The van der Waals surface area contributed by atoms with E-state index in [9.17, 15) is 8.42 Å². The third-order valence-corrected chi connectivity index (χ3v) is 5.45. The highest BCUT2D eigenvalue weighted by Gasteiger charge is 2.27. The third kappa shape index (κ3) is 3.55. The molecule has 0 atom stereocenters. The standard InChI is InChI=1S/C14H22N2O2S/c1-2-3-9-15-10-12-16(13-11-15)19(17,18)14-7-5-4-6-8-14/h4-8H,2-3,9-13H2,1H3. The minimum Gasteiger partial charge on any atom is -0.301 e. The summed E-state index contributed by atoms with van der Waals surface area (Å²) in [5, 5.41) is 0. The highest BCUT2D eigenvalue weighted by molar-refractivity contribution is 7.89. The van der Waals surface area contributed by atoms with Crippen LogP contribution in [0.5, 0.6) is 0 Å². The molecule has 1 fully saturated rings. The molecule has 1 aliphatic rings. The number of sulfonamides is 1. The zero-order valence-corrected chi connectivity index (χ0v) is 12.3. The Kier molecular flexibility index (Phi) is 4.96. The molecule has 2 rings (SSSR count). The fourth-order valence-corrected chi connectivity index (χ4v) is 3.76. The summed E-state index contributed by atoms with van der Waals surface area (Å²) >= 11 is 0. The lowest BCUT2D eigenvalue weighted by Crippen LogP contribution is -2.48. The number of hydrogen-bond acceptors (Lipinski definition) is 3. The molecule has 106 valence electrons. The van der Waals surface area contributed by atoms with Crippen molar-refractivity contribution in [1.82, 2.24) is 9.21 Å². The van der Waals surface area contributed by atoms with Crippen LogP contribution in [0, 0.1) is 0 Å². The minimum absolute atomic E-state index is 0.400. The van der Waals surface area contributed by atoms with Crippen LogP contribution < -0.4 is 0 Å². The van der Waals surface area contributed by atoms with Gasteiger partial charge in [-0.2, -0.15) is 4.31 Å². The maximum atomic E-state index is 12.4. The molecule has 1 aliphatic heterocycles. The Bertz CT molecular complexity index is 479. The van der Waals surface area contributed by atoms with Crippen LogP contribution in [-0.4, -0.2) is 50.3 Å². The van der Waals surface area contributed by atoms with Gasteiger partial charge in [-0.15, -0.1) is 0 Å². The van der Waals surface area contributed by atoms with Gasteiger partial charge in [0, 0.05) is 26.2 Å². The highest BCUT2D eigenvalue weighted by Crippen LogP contribution is 2.17. The van der Waals surface area contributed by atoms with E-state index in [-0.39, 0.29) is 0 Å². The van der Waals surface area contributed by atoms with Crippen LogP contribution in [0.25, 0.3) is 0 Å². The number of nitrogens with zero attached hydrogens (tertiary/aromatic N) is 2. The van der Waals surface area contributed by atoms with Crippen LogP contribution >= 0.6 is 0 Å². The molecular formula is C14H22N2O2S. The van der Waals surface area contributed by atoms with E-state index in [0.717, 1.165) is 19.6 Å². The van der Waals surface area contributed by atoms with Crippen molar-refractivity contribution in [3.63, 3.8) is 0 Å². The van der Waals surface area contributed by atoms with E-state index in [1.807, 2.05) is 6.07 Å². The summed E-state index contributed by atoms with van der Waals surface area (Å²) in [5.41, 5.74) is 0. The van der Waals surface area contributed by atoms with Crippen molar-refractivity contribution in [3.8, 4) is 0 Å². The fourth-order valence-electron chi connectivity index (χ4n) is 2.32. The van der Waals surface area contributed by atoms with Gasteiger partial charge in [0.05, 0.1) is 4.90 Å². The Morgan fingerprint density at radius 1 is 1.05 bits per heavy atom. The van der Waals surface area contributed by atoms with E-state index in [1.165, 1.54) is 12.8 Å². The number of unbranched alkanes of at least 4 members (excludes halogenated alkanes) is 1. The molecule has 0 aliphatic carbocycles. The normalized spacial score (nSPS) is 18.6. The monoisotopic (exact) mass is 282 g/mol. The number of piperazine rings is 1. The van der Waals surface area contributed by atoms with Crippen LogP contribution in [0.1, 0.15) is 19.8 Å². The first-order valence-corrected chi connectivity index (χ1v) is 8.36. The van der Waals surface area contributed by atoms with Gasteiger partial charge in [-0.3, -0.25) is 0 Å². The van der Waals surface area contributed by atoms with Gasteiger partial charge < -0.3 is 4.90 Å². The van der Waals surface area contributed by atoms with Crippen molar-refractivity contribution in [2.75, 3.05) is 32.7 Å². The van der Waals surface area contributed by atoms with Gasteiger partial charge in [0.2, 0.25) is 10.0 Å². The Labute approximate surface area is 116 Å². The second kappa shape index (κ2) is 6.50. The Morgan fingerprint density at radius 3 is 2.26 bits per heavy atom. The summed E-state index contributed by atoms with van der Waals surface area (Å²) in [6.45, 7) is 6.13. The van der Waals surface area contributed by atoms with Gasteiger partial charge in [0.25, 0.3) is 0 Å². The van der Waals surface area contributed by atoms with Crippen molar-refractivity contribution in [3.05, 3.63) is 30.3 Å². The number of rotatable bonds is 5. The molecule has 0 bridgehead atoms. The van der Waals surface area contributed by atoms with Crippen molar-refractivity contribution < 1.29 is 8.42 Å². The van der Waals surface area contributed by atoms with Gasteiger partial charge in [0.1, 0.15) is 0 Å². The van der Waals surface area contributed by atoms with Crippen LogP contribution in [-0.2, 0) is 10.0 Å². The molecule has 0 saturated carbocycles. The first kappa shape index (κ1) is 14.5. The number of benzene rings is 1. The highest BCUT2D eigenvalue weighted by atomic mass is 32.2. The molecule has 0 amide bonds. The molecule has 0 spiro atoms. The molecule has 1 aromatic rings. The van der Waals surface area contributed by atoms with E-state index in [2.05, 4.69) is 11.8 Å². The average Bonchev–Trinajstić information content (AvgIpc) is 2.46. The van der Waals surface area contributed by atoms with Crippen molar-refractivity contribution in [2.45, 2.75) is 24.7 Å². The summed E-state index contributed by atoms with van der Waals surface area (Å²) in [4.78, 5) is 2.75. The van der Waals surface area contributed by atoms with E-state index in [0.29, 0.717) is 18.0 Å². The van der Waals surface area contributed by atoms with Gasteiger partial charge in [-0.1, -0.05) is 31.5 Å². The largest absolute Gasteiger partial charge is 0.301 e. The Morgan fingerprint density at radius 2 is 1.68 bits per heavy atom. The Hall–Kier alpha value is -0.910. The van der Waals surface area contributed by atoms with Crippen molar-refractivity contribution in [1.29, 1.82) is 0 Å². The molecule has 0 unspecified atom stereocenters. The van der Waals surface area contributed by atoms with Crippen LogP contribution in [0.2, 0.25) is 0 Å². The SMILES string of the molecule is CCCCN1CCN(S(=O)(=O)c2ccccc2)CC1. The van der Waals surface area contributed by atoms with Gasteiger partial charge in [-0.25, -0.2) is 8.42 Å². The summed E-state index contributed by atoms with van der Waals surface area (Å²) in [6, 6.07) is 8.70. The molecule has 1 saturated heterocycles. The average molecular weight is 282 g/mol. The molecule has 4 nitrogen and oxygen atoms in total. The molecule has 5 heteroatoms. The van der Waals surface area contributed by atoms with Crippen molar-refractivity contribution in [2.24, 2.45) is 0 Å². The summed E-state index contributed by atoms with van der Waals surface area (Å²) in [5.74, 6) is 0. The quantitative estimate of drug-likeness (QED) is 0.827. The first-order valence-electron chi connectivity index (χ1n) is 6.92. The van der Waals surface area contributed by atoms with Crippen LogP contribution in [0.4, 0.5) is 0 Å². The zero-order chi connectivity index (χ0) is 13.7. The van der Waals surface area contributed by atoms with Gasteiger partial charge in [0.15, 0.2) is 0 Å². The lowest BCUT2D eigenvalue weighted by atomic mass is 10.3. The molecule has 19 heavy (non-hydrogen) atoms. The smallest absolute Gasteiger partial charge is 0.243 e. The van der Waals surface area contributed by atoms with Crippen LogP contribution in [0.3, 0.4) is 0 Å². The van der Waals surface area contributed by atoms with E-state index in [4.69, 9.17) is 0 Å². The second-order valence-electron chi connectivity index (χ2n) is 4.91.